The fourth-order valence-corrected chi connectivity index (χ4v) is 2.52. The number of hydrogen-bond donors (Lipinski definition) is 0. The summed E-state index contributed by atoms with van der Waals surface area (Å²) in [7, 11) is 0. The number of nitrogens with zero attached hydrogens (tertiary/aromatic N) is 2. The first kappa shape index (κ1) is 11.7. The van der Waals surface area contributed by atoms with Gasteiger partial charge >= 0.3 is 0 Å². The molecule has 0 saturated heterocycles. The second kappa shape index (κ2) is 5.06. The van der Waals surface area contributed by atoms with Gasteiger partial charge in [-0.1, -0.05) is 18.0 Å². The van der Waals surface area contributed by atoms with Crippen molar-refractivity contribution in [2.45, 2.75) is 38.2 Å². The van der Waals surface area contributed by atoms with Crippen LogP contribution in [0.1, 0.15) is 32.1 Å². The number of rotatable bonds is 3. The molecule has 3 rings (SSSR count). The summed E-state index contributed by atoms with van der Waals surface area (Å²) in [6.45, 7) is 0. The fourth-order valence-electron chi connectivity index (χ4n) is 2.30. The monoisotopic (exact) mass is 266 g/mol. The van der Waals surface area contributed by atoms with Crippen LogP contribution in [0.4, 0.5) is 0 Å². The van der Waals surface area contributed by atoms with Gasteiger partial charge in [-0.15, -0.1) is 0 Å². The Morgan fingerprint density at radius 1 is 1.33 bits per heavy atom. The minimum absolute atomic E-state index is 0.269. The van der Waals surface area contributed by atoms with Crippen molar-refractivity contribution in [3.8, 4) is 11.6 Å². The van der Waals surface area contributed by atoms with Gasteiger partial charge in [-0.25, -0.2) is 0 Å². The van der Waals surface area contributed by atoms with Crippen LogP contribution in [0.3, 0.4) is 0 Å². The van der Waals surface area contributed by atoms with Crippen LogP contribution >= 0.6 is 11.6 Å². The summed E-state index contributed by atoms with van der Waals surface area (Å²) in [6, 6.07) is 3.61. The van der Waals surface area contributed by atoms with Crippen LogP contribution in [-0.2, 0) is 0 Å². The average molecular weight is 267 g/mol. The molecule has 0 N–H and O–H groups in total. The van der Waals surface area contributed by atoms with E-state index in [2.05, 4.69) is 5.10 Å². The summed E-state index contributed by atoms with van der Waals surface area (Å²) >= 11 is 6.25. The van der Waals surface area contributed by atoms with E-state index in [1.54, 1.807) is 23.2 Å². The molecule has 0 aliphatic heterocycles. The van der Waals surface area contributed by atoms with Crippen molar-refractivity contribution < 1.29 is 9.15 Å². The summed E-state index contributed by atoms with van der Waals surface area (Å²) in [4.78, 5) is 0. The van der Waals surface area contributed by atoms with Gasteiger partial charge < -0.3 is 9.15 Å². The molecule has 1 fully saturated rings. The van der Waals surface area contributed by atoms with Gasteiger partial charge in [0.1, 0.15) is 0 Å². The molecule has 1 aliphatic rings. The molecule has 5 heteroatoms. The predicted octanol–water partition coefficient (Wildman–Crippen LogP) is 3.83. The Bertz CT molecular complexity index is 501. The molecular formula is C13H15ClN2O2. The normalized spacial score (nSPS) is 16.9. The van der Waals surface area contributed by atoms with Crippen molar-refractivity contribution in [2.24, 2.45) is 0 Å². The Labute approximate surface area is 110 Å². The van der Waals surface area contributed by atoms with E-state index in [1.807, 2.05) is 6.07 Å². The summed E-state index contributed by atoms with van der Waals surface area (Å²) in [6.07, 6.45) is 9.48. The van der Waals surface area contributed by atoms with Crippen LogP contribution in [0, 0.1) is 0 Å². The van der Waals surface area contributed by atoms with Crippen molar-refractivity contribution in [3.63, 3.8) is 0 Å². The minimum Gasteiger partial charge on any atom is -0.485 e. The zero-order valence-electron chi connectivity index (χ0n) is 10.0. The van der Waals surface area contributed by atoms with E-state index in [4.69, 9.17) is 20.8 Å². The smallest absolute Gasteiger partial charge is 0.221 e. The lowest BCUT2D eigenvalue weighted by Gasteiger charge is -2.22. The molecule has 1 aliphatic carbocycles. The maximum atomic E-state index is 6.25. The lowest BCUT2D eigenvalue weighted by Crippen LogP contribution is -2.19. The minimum atomic E-state index is 0.269. The van der Waals surface area contributed by atoms with Gasteiger partial charge in [0.15, 0.2) is 10.9 Å². The lowest BCUT2D eigenvalue weighted by atomic mass is 9.98. The Morgan fingerprint density at radius 2 is 2.17 bits per heavy atom. The lowest BCUT2D eigenvalue weighted by molar-refractivity contribution is 0.155. The Hall–Kier alpha value is -1.42. The first-order chi connectivity index (χ1) is 8.84. The second-order valence-corrected chi connectivity index (χ2v) is 4.90. The van der Waals surface area contributed by atoms with Gasteiger partial charge in [-0.3, -0.25) is 0 Å². The highest BCUT2D eigenvalue weighted by molar-refractivity contribution is 6.31. The molecule has 0 unspecified atom stereocenters. The highest BCUT2D eigenvalue weighted by atomic mass is 35.5. The zero-order valence-corrected chi connectivity index (χ0v) is 10.8. The number of aromatic nitrogens is 2. The molecule has 0 amide bonds. The summed E-state index contributed by atoms with van der Waals surface area (Å²) in [5.41, 5.74) is 0. The molecule has 1 saturated carbocycles. The van der Waals surface area contributed by atoms with E-state index in [0.717, 1.165) is 12.8 Å². The topological polar surface area (TPSA) is 40.2 Å². The van der Waals surface area contributed by atoms with Crippen LogP contribution < -0.4 is 4.74 Å². The molecule has 18 heavy (non-hydrogen) atoms. The van der Waals surface area contributed by atoms with Crippen LogP contribution in [-0.4, -0.2) is 15.9 Å². The summed E-state index contributed by atoms with van der Waals surface area (Å²) in [5, 5.41) is 4.66. The first-order valence-corrected chi connectivity index (χ1v) is 6.66. The molecule has 0 atom stereocenters. The Kier molecular flexibility index (Phi) is 3.28. The molecule has 0 radical (unpaired) electrons. The van der Waals surface area contributed by atoms with Gasteiger partial charge in [0, 0.05) is 6.07 Å². The van der Waals surface area contributed by atoms with Crippen molar-refractivity contribution in [1.82, 2.24) is 9.78 Å². The molecule has 2 heterocycles. The van der Waals surface area contributed by atoms with Gasteiger partial charge in [0.2, 0.25) is 5.88 Å². The van der Waals surface area contributed by atoms with E-state index in [1.165, 1.54) is 19.3 Å². The quantitative estimate of drug-likeness (QED) is 0.848. The highest BCUT2D eigenvalue weighted by Crippen LogP contribution is 2.30. The maximum absolute atomic E-state index is 6.25. The van der Waals surface area contributed by atoms with Crippen molar-refractivity contribution in [3.05, 3.63) is 29.7 Å². The standard InChI is InChI=1S/C13H15ClN2O2/c14-13-11(18-10-5-2-1-3-6-10)9-15-16(13)12-7-4-8-17-12/h4,7-10H,1-3,5-6H2. The van der Waals surface area contributed by atoms with Gasteiger partial charge in [0.25, 0.3) is 0 Å². The van der Waals surface area contributed by atoms with Crippen LogP contribution in [0.5, 0.6) is 5.75 Å². The number of ether oxygens (including phenoxy) is 1. The van der Waals surface area contributed by atoms with E-state index in [9.17, 15) is 0 Å². The van der Waals surface area contributed by atoms with Crippen molar-refractivity contribution >= 4 is 11.6 Å². The van der Waals surface area contributed by atoms with Crippen molar-refractivity contribution in [1.29, 1.82) is 0 Å². The third-order valence-corrected chi connectivity index (χ3v) is 3.59. The van der Waals surface area contributed by atoms with Crippen LogP contribution in [0.25, 0.3) is 5.88 Å². The molecule has 2 aromatic heterocycles. The maximum Gasteiger partial charge on any atom is 0.221 e. The highest BCUT2D eigenvalue weighted by Gasteiger charge is 2.19. The molecule has 2 aromatic rings. The largest absolute Gasteiger partial charge is 0.485 e. The first-order valence-electron chi connectivity index (χ1n) is 6.28. The second-order valence-electron chi connectivity index (χ2n) is 4.54. The van der Waals surface area contributed by atoms with Crippen molar-refractivity contribution in [2.75, 3.05) is 0 Å². The van der Waals surface area contributed by atoms with Crippen LogP contribution in [0.15, 0.2) is 29.0 Å². The average Bonchev–Trinajstić information content (AvgIpc) is 3.02. The molecule has 0 bridgehead atoms. The molecule has 4 nitrogen and oxygen atoms in total. The number of halogens is 1. The molecular weight excluding hydrogens is 252 g/mol. The third-order valence-electron chi connectivity index (χ3n) is 3.24. The zero-order chi connectivity index (χ0) is 12.4. The van der Waals surface area contributed by atoms with E-state index < -0.39 is 0 Å². The Morgan fingerprint density at radius 3 is 2.89 bits per heavy atom. The Balaban J connectivity index is 1.77. The summed E-state index contributed by atoms with van der Waals surface area (Å²) in [5.74, 6) is 1.23. The van der Waals surface area contributed by atoms with Crippen LogP contribution in [0.2, 0.25) is 5.15 Å². The predicted molar refractivity (Wildman–Crippen MR) is 68.3 cm³/mol. The molecule has 0 spiro atoms. The molecule has 0 aromatic carbocycles. The number of furan rings is 1. The van der Waals surface area contributed by atoms with Gasteiger partial charge in [-0.05, 0) is 31.7 Å². The van der Waals surface area contributed by atoms with E-state index in [0.29, 0.717) is 16.8 Å². The van der Waals surface area contributed by atoms with E-state index in [-0.39, 0.29) is 6.10 Å². The van der Waals surface area contributed by atoms with Gasteiger partial charge in [0.05, 0.1) is 18.6 Å². The summed E-state index contributed by atoms with van der Waals surface area (Å²) < 4.78 is 12.7. The fraction of sp³-hybridized carbons (Fsp3) is 0.462. The van der Waals surface area contributed by atoms with Gasteiger partial charge in [-0.2, -0.15) is 9.78 Å². The number of hydrogen-bond acceptors (Lipinski definition) is 3. The SMILES string of the molecule is Clc1c(OC2CCCCC2)cnn1-c1ccco1. The van der Waals surface area contributed by atoms with E-state index >= 15 is 0 Å². The third kappa shape index (κ3) is 2.25. The molecule has 96 valence electrons.